The minimum atomic E-state index is -0.972. The number of halogens is 1. The van der Waals surface area contributed by atoms with Gasteiger partial charge < -0.3 is 14.8 Å². The Bertz CT molecular complexity index is 1520. The quantitative estimate of drug-likeness (QED) is 0.559. The van der Waals surface area contributed by atoms with E-state index in [4.69, 9.17) is 0 Å². The third-order valence-corrected chi connectivity index (χ3v) is 7.14. The molecule has 3 aromatic rings. The number of amides is 2. The normalized spacial score (nSPS) is 19.1. The molecule has 0 spiro atoms. The number of nitriles is 1. The number of rotatable bonds is 6. The van der Waals surface area contributed by atoms with Crippen molar-refractivity contribution in [3.63, 3.8) is 0 Å². The van der Waals surface area contributed by atoms with E-state index >= 15 is 0 Å². The Morgan fingerprint density at radius 1 is 1.19 bits per heavy atom. The highest BCUT2D eigenvalue weighted by Gasteiger charge is 2.56. The van der Waals surface area contributed by atoms with Gasteiger partial charge in [-0.15, -0.1) is 0 Å². The maximum Gasteiger partial charge on any atom is 0.270 e. The van der Waals surface area contributed by atoms with Crippen LogP contribution in [0.2, 0.25) is 0 Å². The highest BCUT2D eigenvalue weighted by molar-refractivity contribution is 6.03. The molecular formula is C28H26FN5O3. The number of aromatic nitrogens is 2. The lowest BCUT2D eigenvalue weighted by Crippen LogP contribution is -2.35. The Kier molecular flexibility index (Phi) is 6.12. The molecule has 1 N–H and O–H groups in total. The second kappa shape index (κ2) is 9.28. The first-order chi connectivity index (χ1) is 17.7. The molecule has 0 radical (unpaired) electrons. The summed E-state index contributed by atoms with van der Waals surface area (Å²) in [5.74, 6) is -1.02. The number of nitrogens with one attached hydrogen (secondary N) is 1. The third kappa shape index (κ3) is 4.62. The lowest BCUT2D eigenvalue weighted by Gasteiger charge is -2.21. The van der Waals surface area contributed by atoms with Gasteiger partial charge in [0.1, 0.15) is 16.9 Å². The van der Waals surface area contributed by atoms with E-state index in [9.17, 15) is 24.0 Å². The van der Waals surface area contributed by atoms with E-state index in [0.717, 1.165) is 12.8 Å². The highest BCUT2D eigenvalue weighted by atomic mass is 19.1. The zero-order chi connectivity index (χ0) is 26.3. The fourth-order valence-electron chi connectivity index (χ4n) is 5.01. The molecule has 0 bridgehead atoms. The SMILES string of the molecule is Cc1cc(N2CC[C@@](C#N)(C3CC3)C2=O)cc(C(=O)NCc2cc(F)cc(-c3ccc(=O)n(C)c3)c2)n1. The van der Waals surface area contributed by atoms with Gasteiger partial charge in [-0.1, -0.05) is 0 Å². The van der Waals surface area contributed by atoms with Crippen molar-refractivity contribution in [1.82, 2.24) is 14.9 Å². The Morgan fingerprint density at radius 3 is 2.68 bits per heavy atom. The summed E-state index contributed by atoms with van der Waals surface area (Å²) in [6, 6.07) is 13.1. The zero-order valence-corrected chi connectivity index (χ0v) is 20.6. The van der Waals surface area contributed by atoms with Crippen LogP contribution in [0, 0.1) is 35.4 Å². The maximum absolute atomic E-state index is 14.4. The van der Waals surface area contributed by atoms with Crippen LogP contribution in [0.5, 0.6) is 0 Å². The van der Waals surface area contributed by atoms with Gasteiger partial charge in [0.2, 0.25) is 11.5 Å². The van der Waals surface area contributed by atoms with Crippen molar-refractivity contribution in [2.75, 3.05) is 11.4 Å². The fourth-order valence-corrected chi connectivity index (χ4v) is 5.01. The molecule has 1 saturated heterocycles. The van der Waals surface area contributed by atoms with Crippen molar-refractivity contribution in [3.8, 4) is 17.2 Å². The molecule has 3 heterocycles. The smallest absolute Gasteiger partial charge is 0.270 e. The number of hydrogen-bond donors (Lipinski definition) is 1. The van der Waals surface area contributed by atoms with Crippen LogP contribution in [0.1, 0.15) is 41.0 Å². The molecule has 1 aliphatic heterocycles. The second-order valence-corrected chi connectivity index (χ2v) is 9.81. The van der Waals surface area contributed by atoms with E-state index < -0.39 is 17.1 Å². The van der Waals surface area contributed by atoms with Crippen LogP contribution in [-0.4, -0.2) is 27.9 Å². The molecule has 2 aromatic heterocycles. The van der Waals surface area contributed by atoms with Gasteiger partial charge in [0, 0.05) is 43.8 Å². The van der Waals surface area contributed by atoms with Gasteiger partial charge in [-0.3, -0.25) is 14.4 Å². The van der Waals surface area contributed by atoms with E-state index in [1.165, 1.54) is 22.8 Å². The lowest BCUT2D eigenvalue weighted by molar-refractivity contribution is -0.123. The molecular weight excluding hydrogens is 473 g/mol. The van der Waals surface area contributed by atoms with Crippen LogP contribution in [0.15, 0.2) is 53.5 Å². The number of anilines is 1. The van der Waals surface area contributed by atoms with Gasteiger partial charge in [0.05, 0.1) is 6.07 Å². The van der Waals surface area contributed by atoms with Crippen LogP contribution in [0.3, 0.4) is 0 Å². The number of nitrogens with zero attached hydrogens (tertiary/aromatic N) is 4. The number of hydrogen-bond acceptors (Lipinski definition) is 5. The summed E-state index contributed by atoms with van der Waals surface area (Å²) >= 11 is 0. The van der Waals surface area contributed by atoms with Gasteiger partial charge in [0.15, 0.2) is 0 Å². The van der Waals surface area contributed by atoms with Crippen molar-refractivity contribution >= 4 is 17.5 Å². The van der Waals surface area contributed by atoms with E-state index in [-0.39, 0.29) is 29.6 Å². The van der Waals surface area contributed by atoms with Gasteiger partial charge in [-0.25, -0.2) is 9.37 Å². The van der Waals surface area contributed by atoms with Crippen LogP contribution in [0.25, 0.3) is 11.1 Å². The number of carbonyl (C=O) groups excluding carboxylic acids is 2. The Morgan fingerprint density at radius 2 is 1.97 bits per heavy atom. The van der Waals surface area contributed by atoms with Crippen LogP contribution in [-0.2, 0) is 18.4 Å². The largest absolute Gasteiger partial charge is 0.347 e. The molecule has 1 aromatic carbocycles. The van der Waals surface area contributed by atoms with E-state index in [2.05, 4.69) is 16.4 Å². The molecule has 8 nitrogen and oxygen atoms in total. The van der Waals surface area contributed by atoms with Crippen molar-refractivity contribution < 1.29 is 14.0 Å². The average molecular weight is 500 g/mol. The van der Waals surface area contributed by atoms with Crippen LogP contribution in [0.4, 0.5) is 10.1 Å². The summed E-state index contributed by atoms with van der Waals surface area (Å²) in [5.41, 5.74) is 1.91. The predicted molar refractivity (Wildman–Crippen MR) is 135 cm³/mol. The first-order valence-electron chi connectivity index (χ1n) is 12.2. The predicted octanol–water partition coefficient (Wildman–Crippen LogP) is 3.48. The highest BCUT2D eigenvalue weighted by Crippen LogP contribution is 2.51. The summed E-state index contributed by atoms with van der Waals surface area (Å²) < 4.78 is 15.8. The zero-order valence-electron chi connectivity index (χ0n) is 20.6. The summed E-state index contributed by atoms with van der Waals surface area (Å²) in [5, 5.41) is 12.5. The van der Waals surface area contributed by atoms with Crippen molar-refractivity contribution in [2.45, 2.75) is 32.7 Å². The van der Waals surface area contributed by atoms with Crippen molar-refractivity contribution in [2.24, 2.45) is 18.4 Å². The Hall–Kier alpha value is -4.32. The third-order valence-electron chi connectivity index (χ3n) is 7.14. The van der Waals surface area contributed by atoms with E-state index in [1.54, 1.807) is 49.3 Å². The number of carbonyl (C=O) groups is 2. The van der Waals surface area contributed by atoms with Crippen LogP contribution >= 0.6 is 0 Å². The Labute approximate surface area is 213 Å². The minimum absolute atomic E-state index is 0.0577. The summed E-state index contributed by atoms with van der Waals surface area (Å²) in [4.78, 5) is 43.8. The number of pyridine rings is 2. The molecule has 0 unspecified atom stereocenters. The molecule has 188 valence electrons. The molecule has 5 rings (SSSR count). The standard InChI is InChI=1S/C28H26FN5O3/c1-17-9-23(34-8-7-28(16-30,27(34)37)21-4-5-21)13-24(32-17)26(36)31-14-18-10-20(12-22(29)11-18)19-3-6-25(35)33(2)15-19/h3,6,9-13,15,21H,4-5,7-8,14H2,1-2H3,(H,31,36)/t28-/m1/s1. The molecule has 1 aliphatic carbocycles. The molecule has 9 heteroatoms. The molecule has 37 heavy (non-hydrogen) atoms. The monoisotopic (exact) mass is 499 g/mol. The van der Waals surface area contributed by atoms with Gasteiger partial charge >= 0.3 is 0 Å². The molecule has 2 aliphatic rings. The molecule has 1 atom stereocenters. The topological polar surface area (TPSA) is 108 Å². The maximum atomic E-state index is 14.4. The van der Waals surface area contributed by atoms with E-state index in [0.29, 0.717) is 41.0 Å². The molecule has 1 saturated carbocycles. The Balaban J connectivity index is 1.33. The summed E-state index contributed by atoms with van der Waals surface area (Å²) in [7, 11) is 1.62. The average Bonchev–Trinajstić information content (AvgIpc) is 3.67. The molecule has 2 amide bonds. The van der Waals surface area contributed by atoms with Crippen molar-refractivity contribution in [1.29, 1.82) is 5.26 Å². The van der Waals surface area contributed by atoms with E-state index in [1.807, 2.05) is 0 Å². The lowest BCUT2D eigenvalue weighted by atomic mass is 9.83. The molecule has 2 fully saturated rings. The summed E-state index contributed by atoms with van der Waals surface area (Å²) in [6.07, 6.45) is 3.88. The van der Waals surface area contributed by atoms with Crippen LogP contribution < -0.4 is 15.8 Å². The minimum Gasteiger partial charge on any atom is -0.347 e. The van der Waals surface area contributed by atoms with Gasteiger partial charge in [-0.2, -0.15) is 5.26 Å². The number of aryl methyl sites for hydroxylation is 2. The first kappa shape index (κ1) is 24.4. The van der Waals surface area contributed by atoms with Gasteiger partial charge in [-0.05, 0) is 85.2 Å². The summed E-state index contributed by atoms with van der Waals surface area (Å²) in [6.45, 7) is 2.22. The number of benzene rings is 1. The first-order valence-corrected chi connectivity index (χ1v) is 12.2. The fraction of sp³-hybridized carbons (Fsp3) is 0.321. The second-order valence-electron chi connectivity index (χ2n) is 9.81. The van der Waals surface area contributed by atoms with Crippen molar-refractivity contribution in [3.05, 3.63) is 81.8 Å². The van der Waals surface area contributed by atoms with Gasteiger partial charge in [0.25, 0.3) is 5.91 Å².